The van der Waals surface area contributed by atoms with Crippen LogP contribution in [0.1, 0.15) is 18.9 Å². The molecule has 0 spiro atoms. The summed E-state index contributed by atoms with van der Waals surface area (Å²) >= 11 is 1.33. The maximum atomic E-state index is 12.3. The van der Waals surface area contributed by atoms with Crippen molar-refractivity contribution in [2.45, 2.75) is 24.0 Å². The summed E-state index contributed by atoms with van der Waals surface area (Å²) in [5, 5.41) is 5.76. The normalized spacial score (nSPS) is 14.3. The zero-order valence-corrected chi connectivity index (χ0v) is 17.4. The lowest BCUT2D eigenvalue weighted by Crippen LogP contribution is -2.35. The Bertz CT molecular complexity index is 1130. The van der Waals surface area contributed by atoms with E-state index in [0.717, 1.165) is 29.3 Å². The van der Waals surface area contributed by atoms with Crippen LogP contribution >= 0.6 is 11.8 Å². The zero-order valence-electron chi connectivity index (χ0n) is 16.5. The van der Waals surface area contributed by atoms with E-state index in [1.54, 1.807) is 18.2 Å². The van der Waals surface area contributed by atoms with Gasteiger partial charge in [0.05, 0.1) is 17.6 Å². The molecule has 2 aliphatic rings. The van der Waals surface area contributed by atoms with Gasteiger partial charge >= 0.3 is 6.03 Å². The van der Waals surface area contributed by atoms with Gasteiger partial charge in [0.15, 0.2) is 16.7 Å². The van der Waals surface area contributed by atoms with Crippen molar-refractivity contribution in [2.75, 3.05) is 17.9 Å². The number of thioether (sulfide) groups is 1. The Hall–Kier alpha value is -3.46. The molecule has 158 valence electrons. The second kappa shape index (κ2) is 8.35. The van der Waals surface area contributed by atoms with Crippen LogP contribution in [0, 0.1) is 0 Å². The van der Waals surface area contributed by atoms with Crippen molar-refractivity contribution in [3.8, 4) is 22.8 Å². The van der Waals surface area contributed by atoms with Gasteiger partial charge < -0.3 is 19.4 Å². The number of hydrogen-bond donors (Lipinski definition) is 2. The third-order valence-electron chi connectivity index (χ3n) is 4.96. The van der Waals surface area contributed by atoms with Crippen LogP contribution in [-0.2, 0) is 4.79 Å². The number of benzene rings is 2. The minimum Gasteiger partial charge on any atom is -0.454 e. The summed E-state index contributed by atoms with van der Waals surface area (Å²) in [6.45, 7) is 0.156. The fourth-order valence-corrected chi connectivity index (χ4v) is 4.23. The van der Waals surface area contributed by atoms with E-state index in [2.05, 4.69) is 32.3 Å². The van der Waals surface area contributed by atoms with Crippen LogP contribution in [0.15, 0.2) is 59.9 Å². The van der Waals surface area contributed by atoms with Crippen LogP contribution in [0.25, 0.3) is 11.3 Å². The van der Waals surface area contributed by atoms with Crippen molar-refractivity contribution < 1.29 is 19.1 Å². The van der Waals surface area contributed by atoms with Crippen LogP contribution in [-0.4, -0.2) is 34.0 Å². The van der Waals surface area contributed by atoms with Gasteiger partial charge in [0, 0.05) is 17.8 Å². The number of imidazole rings is 1. The lowest BCUT2D eigenvalue weighted by molar-refractivity contribution is -0.117. The maximum absolute atomic E-state index is 12.3. The molecule has 1 aromatic heterocycles. The van der Waals surface area contributed by atoms with Gasteiger partial charge in [-0.1, -0.05) is 42.1 Å². The summed E-state index contributed by atoms with van der Waals surface area (Å²) in [6.07, 6.45) is 4.06. The molecule has 8 nitrogen and oxygen atoms in total. The molecule has 0 radical (unpaired) electrons. The third kappa shape index (κ3) is 4.36. The summed E-state index contributed by atoms with van der Waals surface area (Å²) < 4.78 is 12.7. The number of carbonyl (C=O) groups is 2. The highest BCUT2D eigenvalue weighted by Crippen LogP contribution is 2.41. The molecule has 31 heavy (non-hydrogen) atoms. The molecule has 3 amide bonds. The average molecular weight is 436 g/mol. The Balaban J connectivity index is 1.19. The molecular weight excluding hydrogens is 416 g/mol. The first-order valence-electron chi connectivity index (χ1n) is 9.93. The average Bonchev–Trinajstić information content (AvgIpc) is 3.35. The molecule has 1 aliphatic carbocycles. The minimum atomic E-state index is -0.597. The van der Waals surface area contributed by atoms with Gasteiger partial charge in [0.25, 0.3) is 0 Å². The Morgan fingerprint density at radius 3 is 2.71 bits per heavy atom. The summed E-state index contributed by atoms with van der Waals surface area (Å²) in [6, 6.07) is 14.9. The third-order valence-corrected chi connectivity index (χ3v) is 5.93. The Labute approximate surface area is 183 Å². The van der Waals surface area contributed by atoms with Crippen molar-refractivity contribution in [2.24, 2.45) is 0 Å². The topological polar surface area (TPSA) is 94.5 Å². The van der Waals surface area contributed by atoms with E-state index in [1.807, 2.05) is 24.4 Å². The van der Waals surface area contributed by atoms with E-state index < -0.39 is 11.9 Å². The van der Waals surface area contributed by atoms with Gasteiger partial charge in [-0.2, -0.15) is 0 Å². The van der Waals surface area contributed by atoms with Gasteiger partial charge in [-0.05, 0) is 30.5 Å². The fraction of sp³-hybridized carbons (Fsp3) is 0.227. The molecule has 2 aromatic carbocycles. The Morgan fingerprint density at radius 1 is 1.10 bits per heavy atom. The number of ether oxygens (including phenoxy) is 2. The van der Waals surface area contributed by atoms with Crippen LogP contribution in [0.4, 0.5) is 10.5 Å². The molecular formula is C22H20N4O4S. The predicted octanol–water partition coefficient (Wildman–Crippen LogP) is 4.05. The number of urea groups is 1. The molecule has 1 fully saturated rings. The predicted molar refractivity (Wildman–Crippen MR) is 116 cm³/mol. The number of fused-ring (bicyclic) bond motifs is 1. The van der Waals surface area contributed by atoms with E-state index in [9.17, 15) is 9.59 Å². The minimum absolute atomic E-state index is 0.0898. The highest BCUT2D eigenvalue weighted by molar-refractivity contribution is 7.99. The van der Waals surface area contributed by atoms with Gasteiger partial charge in [0.2, 0.25) is 12.7 Å². The van der Waals surface area contributed by atoms with Crippen LogP contribution in [0.5, 0.6) is 11.5 Å². The molecule has 1 saturated carbocycles. The van der Waals surface area contributed by atoms with Gasteiger partial charge in [-0.25, -0.2) is 9.78 Å². The molecule has 2 N–H and O–H groups in total. The van der Waals surface area contributed by atoms with E-state index in [-0.39, 0.29) is 12.5 Å². The number of rotatable bonds is 6. The lowest BCUT2D eigenvalue weighted by Gasteiger charge is -2.11. The van der Waals surface area contributed by atoms with Gasteiger partial charge in [-0.3, -0.25) is 10.1 Å². The first kappa shape index (κ1) is 19.5. The summed E-state index contributed by atoms with van der Waals surface area (Å²) in [4.78, 5) is 29.0. The maximum Gasteiger partial charge on any atom is 0.325 e. The number of amides is 3. The SMILES string of the molecule is O=C(CSc1ncc(-c2ccccc2)n1C1CC1)NC(=O)Nc1ccc2c(c1)OCO2. The van der Waals surface area contributed by atoms with E-state index in [1.165, 1.54) is 11.8 Å². The van der Waals surface area contributed by atoms with Crippen LogP contribution < -0.4 is 20.1 Å². The molecule has 0 bridgehead atoms. The van der Waals surface area contributed by atoms with Crippen LogP contribution in [0.2, 0.25) is 0 Å². The molecule has 5 rings (SSSR count). The molecule has 0 saturated heterocycles. The number of anilines is 1. The number of nitrogens with zero attached hydrogens (tertiary/aromatic N) is 2. The van der Waals surface area contributed by atoms with Crippen molar-refractivity contribution in [1.82, 2.24) is 14.9 Å². The van der Waals surface area contributed by atoms with Crippen molar-refractivity contribution >= 4 is 29.4 Å². The molecule has 2 heterocycles. The zero-order chi connectivity index (χ0) is 21.2. The summed E-state index contributed by atoms with van der Waals surface area (Å²) in [5.74, 6) is 0.877. The Morgan fingerprint density at radius 2 is 1.90 bits per heavy atom. The summed E-state index contributed by atoms with van der Waals surface area (Å²) in [7, 11) is 0. The molecule has 1 aliphatic heterocycles. The van der Waals surface area contributed by atoms with Gasteiger partial charge in [-0.15, -0.1) is 0 Å². The van der Waals surface area contributed by atoms with E-state index in [0.29, 0.717) is 23.2 Å². The fourth-order valence-electron chi connectivity index (χ4n) is 3.39. The van der Waals surface area contributed by atoms with E-state index in [4.69, 9.17) is 9.47 Å². The first-order valence-corrected chi connectivity index (χ1v) is 10.9. The number of aromatic nitrogens is 2. The second-order valence-electron chi connectivity index (χ2n) is 7.25. The smallest absolute Gasteiger partial charge is 0.325 e. The van der Waals surface area contributed by atoms with Crippen LogP contribution in [0.3, 0.4) is 0 Å². The van der Waals surface area contributed by atoms with Gasteiger partial charge in [0.1, 0.15) is 0 Å². The molecule has 0 unspecified atom stereocenters. The Kier molecular flexibility index (Phi) is 5.25. The highest BCUT2D eigenvalue weighted by Gasteiger charge is 2.29. The molecule has 0 atom stereocenters. The number of hydrogen-bond acceptors (Lipinski definition) is 6. The monoisotopic (exact) mass is 436 g/mol. The van der Waals surface area contributed by atoms with Crippen molar-refractivity contribution in [3.63, 3.8) is 0 Å². The second-order valence-corrected chi connectivity index (χ2v) is 8.19. The van der Waals surface area contributed by atoms with Crippen molar-refractivity contribution in [1.29, 1.82) is 0 Å². The number of carbonyl (C=O) groups excluding carboxylic acids is 2. The standard InChI is InChI=1S/C22H20N4O4S/c27-20(25-21(28)24-15-6-9-18-19(10-15)30-13-29-18)12-31-22-23-11-17(26(22)16-7-8-16)14-4-2-1-3-5-14/h1-6,9-11,16H,7-8,12-13H2,(H2,24,25,27,28). The molecule has 3 aromatic rings. The van der Waals surface area contributed by atoms with E-state index >= 15 is 0 Å². The molecule has 9 heteroatoms. The highest BCUT2D eigenvalue weighted by atomic mass is 32.2. The summed E-state index contributed by atoms with van der Waals surface area (Å²) in [5.41, 5.74) is 2.66. The quantitative estimate of drug-likeness (QED) is 0.566. The van der Waals surface area contributed by atoms with Crippen molar-refractivity contribution in [3.05, 3.63) is 54.7 Å². The lowest BCUT2D eigenvalue weighted by atomic mass is 10.2. The number of nitrogens with one attached hydrogen (secondary N) is 2. The number of imide groups is 1. The largest absolute Gasteiger partial charge is 0.454 e. The first-order chi connectivity index (χ1) is 15.2.